The van der Waals surface area contributed by atoms with Crippen LogP contribution in [-0.2, 0) is 0 Å². The average Bonchev–Trinajstić information content (AvgIpc) is 2.12. The second-order valence-corrected chi connectivity index (χ2v) is 5.78. The van der Waals surface area contributed by atoms with Gasteiger partial charge in [0.2, 0.25) is 0 Å². The van der Waals surface area contributed by atoms with Gasteiger partial charge in [0.25, 0.3) is 0 Å². The van der Waals surface area contributed by atoms with E-state index < -0.39 is 0 Å². The van der Waals surface area contributed by atoms with Crippen LogP contribution in [0.15, 0.2) is 36.0 Å². The lowest BCUT2D eigenvalue weighted by atomic mass is 9.47. The third-order valence-electron chi connectivity index (χ3n) is 4.76. The second-order valence-electron chi connectivity index (χ2n) is 5.78. The molecule has 4 aliphatic carbocycles. The van der Waals surface area contributed by atoms with Crippen molar-refractivity contribution in [3.8, 4) is 0 Å². The highest BCUT2D eigenvalue weighted by molar-refractivity contribution is 5.43. The number of rotatable bonds is 0. The van der Waals surface area contributed by atoms with Gasteiger partial charge in [0.05, 0.1) is 0 Å². The summed E-state index contributed by atoms with van der Waals surface area (Å²) >= 11 is 0. The van der Waals surface area contributed by atoms with E-state index in [1.165, 1.54) is 6.42 Å². The molecule has 0 aliphatic heterocycles. The first kappa shape index (κ1) is 8.52. The van der Waals surface area contributed by atoms with Crippen LogP contribution in [0.5, 0.6) is 0 Å². The van der Waals surface area contributed by atoms with Crippen LogP contribution in [0.25, 0.3) is 0 Å². The molecule has 4 aliphatic rings. The molecule has 3 atom stereocenters. The Morgan fingerprint density at radius 3 is 2.64 bits per heavy atom. The normalized spacial score (nSPS) is 46.6. The van der Waals surface area contributed by atoms with Gasteiger partial charge in [-0.15, -0.1) is 0 Å². The van der Waals surface area contributed by atoms with E-state index >= 15 is 0 Å². The molecule has 4 rings (SSSR count). The summed E-state index contributed by atoms with van der Waals surface area (Å²) in [6.07, 6.45) is 13.3. The van der Waals surface area contributed by atoms with Crippen molar-refractivity contribution in [3.05, 3.63) is 36.0 Å². The van der Waals surface area contributed by atoms with Crippen LogP contribution in [0.1, 0.15) is 27.2 Å². The first-order valence-electron chi connectivity index (χ1n) is 5.64. The quantitative estimate of drug-likeness (QED) is 0.506. The van der Waals surface area contributed by atoms with Gasteiger partial charge in [-0.1, -0.05) is 56.7 Å². The van der Waals surface area contributed by atoms with E-state index in [0.717, 1.165) is 11.8 Å². The van der Waals surface area contributed by atoms with Gasteiger partial charge in [-0.2, -0.15) is 0 Å². The van der Waals surface area contributed by atoms with Crippen LogP contribution in [-0.4, -0.2) is 0 Å². The molecule has 4 bridgehead atoms. The van der Waals surface area contributed by atoms with E-state index in [9.17, 15) is 0 Å². The Balaban J connectivity index is 2.26. The monoisotopic (exact) mass is 186 g/mol. The van der Waals surface area contributed by atoms with Crippen molar-refractivity contribution in [1.29, 1.82) is 0 Å². The summed E-state index contributed by atoms with van der Waals surface area (Å²) < 4.78 is 0. The molecular formula is C14H18. The molecule has 0 heteroatoms. The van der Waals surface area contributed by atoms with Gasteiger partial charge in [0, 0.05) is 5.41 Å². The first-order valence-corrected chi connectivity index (χ1v) is 5.64. The Labute approximate surface area is 86.4 Å². The molecule has 74 valence electrons. The maximum absolute atomic E-state index is 2.45. The number of allylic oxidation sites excluding steroid dienone is 6. The molecular weight excluding hydrogens is 168 g/mol. The van der Waals surface area contributed by atoms with Crippen molar-refractivity contribution >= 4 is 0 Å². The molecule has 0 heterocycles. The van der Waals surface area contributed by atoms with Crippen molar-refractivity contribution in [3.63, 3.8) is 0 Å². The van der Waals surface area contributed by atoms with Gasteiger partial charge in [-0.05, 0) is 23.7 Å². The minimum Gasteiger partial charge on any atom is -0.0837 e. The van der Waals surface area contributed by atoms with Gasteiger partial charge in [-0.3, -0.25) is 0 Å². The van der Waals surface area contributed by atoms with E-state index in [4.69, 9.17) is 0 Å². The van der Waals surface area contributed by atoms with Gasteiger partial charge in [0.15, 0.2) is 0 Å². The molecule has 0 amide bonds. The Morgan fingerprint density at radius 1 is 1.14 bits per heavy atom. The maximum atomic E-state index is 2.45. The minimum absolute atomic E-state index is 0.326. The molecule has 0 spiro atoms. The smallest absolute Gasteiger partial charge is 0.0134 e. The number of hydrogen-bond donors (Lipinski definition) is 0. The summed E-state index contributed by atoms with van der Waals surface area (Å²) in [4.78, 5) is 0. The molecule has 14 heavy (non-hydrogen) atoms. The molecule has 0 nitrogen and oxygen atoms in total. The van der Waals surface area contributed by atoms with Crippen LogP contribution in [0.3, 0.4) is 0 Å². The molecule has 0 aromatic rings. The molecule has 0 aromatic carbocycles. The standard InChI is InChI=1S/C14H18/c1-13(2)10-7-8-14(3)11(9-10)5-4-6-12(13)14/h4-8,10-11H,9H2,1-3H3. The highest BCUT2D eigenvalue weighted by atomic mass is 14.6. The molecule has 0 radical (unpaired) electrons. The fraction of sp³-hybridized carbons (Fsp3) is 0.571. The Morgan fingerprint density at radius 2 is 1.93 bits per heavy atom. The van der Waals surface area contributed by atoms with Crippen molar-refractivity contribution in [2.45, 2.75) is 27.2 Å². The second kappa shape index (κ2) is 2.24. The summed E-state index contributed by atoms with van der Waals surface area (Å²) in [6, 6.07) is 0. The summed E-state index contributed by atoms with van der Waals surface area (Å²) in [5, 5.41) is 0. The van der Waals surface area contributed by atoms with Gasteiger partial charge in [-0.25, -0.2) is 0 Å². The van der Waals surface area contributed by atoms with E-state index in [1.807, 2.05) is 0 Å². The molecule has 1 saturated carbocycles. The zero-order valence-corrected chi connectivity index (χ0v) is 9.25. The van der Waals surface area contributed by atoms with Gasteiger partial charge in [0.1, 0.15) is 0 Å². The maximum Gasteiger partial charge on any atom is 0.0134 e. The van der Waals surface area contributed by atoms with E-state index in [0.29, 0.717) is 10.8 Å². The van der Waals surface area contributed by atoms with Crippen molar-refractivity contribution in [1.82, 2.24) is 0 Å². The molecule has 0 aromatic heterocycles. The van der Waals surface area contributed by atoms with Crippen LogP contribution in [0.4, 0.5) is 0 Å². The molecule has 3 unspecified atom stereocenters. The first-order chi connectivity index (χ1) is 6.55. The summed E-state index contributed by atoms with van der Waals surface area (Å²) in [6.45, 7) is 7.21. The van der Waals surface area contributed by atoms with Crippen LogP contribution >= 0.6 is 0 Å². The van der Waals surface area contributed by atoms with E-state index in [-0.39, 0.29) is 0 Å². The lowest BCUT2D eigenvalue weighted by Crippen LogP contribution is -2.48. The topological polar surface area (TPSA) is 0 Å². The number of hydrogen-bond acceptors (Lipinski definition) is 0. The zero-order chi connectivity index (χ0) is 9.97. The Kier molecular flexibility index (Phi) is 1.36. The lowest BCUT2D eigenvalue weighted by Gasteiger charge is -2.57. The fourth-order valence-corrected chi connectivity index (χ4v) is 3.71. The molecule has 0 saturated heterocycles. The van der Waals surface area contributed by atoms with Gasteiger partial charge < -0.3 is 0 Å². The summed E-state index contributed by atoms with van der Waals surface area (Å²) in [5.41, 5.74) is 2.36. The van der Waals surface area contributed by atoms with Crippen LogP contribution < -0.4 is 0 Å². The van der Waals surface area contributed by atoms with Gasteiger partial charge >= 0.3 is 0 Å². The predicted molar refractivity (Wildman–Crippen MR) is 59.8 cm³/mol. The average molecular weight is 186 g/mol. The lowest BCUT2D eigenvalue weighted by molar-refractivity contribution is 0.116. The minimum atomic E-state index is 0.326. The highest BCUT2D eigenvalue weighted by Crippen LogP contribution is 2.62. The van der Waals surface area contributed by atoms with E-state index in [1.54, 1.807) is 5.57 Å². The SMILES string of the molecule is CC1(C)C2=CC=CC3CC1C=CC23C. The van der Waals surface area contributed by atoms with Crippen molar-refractivity contribution < 1.29 is 0 Å². The molecule has 1 fully saturated rings. The van der Waals surface area contributed by atoms with E-state index in [2.05, 4.69) is 51.2 Å². The summed E-state index contributed by atoms with van der Waals surface area (Å²) in [7, 11) is 0. The predicted octanol–water partition coefficient (Wildman–Crippen LogP) is 3.72. The summed E-state index contributed by atoms with van der Waals surface area (Å²) in [5.74, 6) is 1.51. The van der Waals surface area contributed by atoms with Crippen LogP contribution in [0.2, 0.25) is 0 Å². The largest absolute Gasteiger partial charge is 0.0837 e. The third-order valence-corrected chi connectivity index (χ3v) is 4.76. The van der Waals surface area contributed by atoms with Crippen molar-refractivity contribution in [2.75, 3.05) is 0 Å². The Hall–Kier alpha value is -0.780. The highest BCUT2D eigenvalue weighted by Gasteiger charge is 2.53. The zero-order valence-electron chi connectivity index (χ0n) is 9.25. The Bertz CT molecular complexity index is 367. The van der Waals surface area contributed by atoms with Crippen LogP contribution in [0, 0.1) is 22.7 Å². The molecule has 0 N–H and O–H groups in total. The third kappa shape index (κ3) is 0.762. The fourth-order valence-electron chi connectivity index (χ4n) is 3.71. The van der Waals surface area contributed by atoms with Crippen molar-refractivity contribution in [2.24, 2.45) is 22.7 Å².